The topological polar surface area (TPSA) is 75.4 Å². The van der Waals surface area contributed by atoms with Crippen LogP contribution in [-0.4, -0.2) is 24.9 Å². The lowest BCUT2D eigenvalue weighted by Gasteiger charge is -2.17. The number of nitrogens with one attached hydrogen (secondary N) is 1. The summed E-state index contributed by atoms with van der Waals surface area (Å²) in [6.45, 7) is 3.81. The van der Waals surface area contributed by atoms with Crippen molar-refractivity contribution in [2.24, 2.45) is 11.7 Å². The Morgan fingerprint density at radius 1 is 1.04 bits per heavy atom. The number of amides is 2. The average molecular weight is 339 g/mol. The van der Waals surface area contributed by atoms with Crippen LogP contribution >= 0.6 is 0 Å². The summed E-state index contributed by atoms with van der Waals surface area (Å²) in [4.78, 5) is 26.0. The quantitative estimate of drug-likeness (QED) is 0.850. The van der Waals surface area contributed by atoms with Gasteiger partial charge in [0.2, 0.25) is 11.8 Å². The largest absolute Gasteiger partial charge is 0.325 e. The highest BCUT2D eigenvalue weighted by Gasteiger charge is 2.17. The van der Waals surface area contributed by atoms with Crippen molar-refractivity contribution in [3.05, 3.63) is 60.2 Å². The maximum absolute atomic E-state index is 12.4. The highest BCUT2D eigenvalue weighted by Crippen LogP contribution is 2.15. The number of benzene rings is 2. The minimum Gasteiger partial charge on any atom is -0.325 e. The highest BCUT2D eigenvalue weighted by atomic mass is 16.2. The molecule has 2 amide bonds. The molecule has 0 bridgehead atoms. The van der Waals surface area contributed by atoms with E-state index >= 15 is 0 Å². The van der Waals surface area contributed by atoms with Crippen molar-refractivity contribution in [3.8, 4) is 0 Å². The first-order valence-electron chi connectivity index (χ1n) is 8.35. The number of carbonyl (C=O) groups is 2. The molecule has 0 radical (unpaired) electrons. The summed E-state index contributed by atoms with van der Waals surface area (Å²) >= 11 is 0. The molecule has 0 saturated carbocycles. The molecule has 132 valence electrons. The lowest BCUT2D eigenvalue weighted by atomic mass is 10.0. The SMILES string of the molecule is CC(C)[C@H](N)C(=O)Nc1ccc(CC(=O)N(C)c2ccccc2)cc1. The Labute approximate surface area is 148 Å². The first kappa shape index (κ1) is 18.7. The van der Waals surface area contributed by atoms with Crippen molar-refractivity contribution in [1.82, 2.24) is 0 Å². The summed E-state index contributed by atoms with van der Waals surface area (Å²) in [5, 5.41) is 2.79. The molecule has 0 spiro atoms. The van der Waals surface area contributed by atoms with E-state index in [2.05, 4.69) is 5.32 Å². The van der Waals surface area contributed by atoms with Gasteiger partial charge in [0.05, 0.1) is 12.5 Å². The van der Waals surface area contributed by atoms with Gasteiger partial charge in [-0.25, -0.2) is 0 Å². The number of hydrogen-bond acceptors (Lipinski definition) is 3. The van der Waals surface area contributed by atoms with Crippen LogP contribution in [0.15, 0.2) is 54.6 Å². The van der Waals surface area contributed by atoms with E-state index in [1.54, 1.807) is 24.1 Å². The van der Waals surface area contributed by atoms with E-state index in [4.69, 9.17) is 5.73 Å². The minimum atomic E-state index is -0.541. The van der Waals surface area contributed by atoms with Crippen molar-refractivity contribution in [2.75, 3.05) is 17.3 Å². The van der Waals surface area contributed by atoms with E-state index in [1.807, 2.05) is 56.3 Å². The monoisotopic (exact) mass is 339 g/mol. The van der Waals surface area contributed by atoms with Crippen LogP contribution in [0, 0.1) is 5.92 Å². The Morgan fingerprint density at radius 3 is 2.20 bits per heavy atom. The maximum Gasteiger partial charge on any atom is 0.241 e. The van der Waals surface area contributed by atoms with Gasteiger partial charge in [-0.2, -0.15) is 0 Å². The average Bonchev–Trinajstić information content (AvgIpc) is 2.62. The second-order valence-electron chi connectivity index (χ2n) is 6.42. The van der Waals surface area contributed by atoms with Crippen LogP contribution in [-0.2, 0) is 16.0 Å². The summed E-state index contributed by atoms with van der Waals surface area (Å²) in [6, 6.07) is 16.2. The lowest BCUT2D eigenvalue weighted by Crippen LogP contribution is -2.39. The summed E-state index contributed by atoms with van der Waals surface area (Å²) in [5.74, 6) is -0.127. The van der Waals surface area contributed by atoms with Gasteiger partial charge >= 0.3 is 0 Å². The van der Waals surface area contributed by atoms with Crippen molar-refractivity contribution >= 4 is 23.2 Å². The number of para-hydroxylation sites is 1. The number of rotatable bonds is 6. The number of anilines is 2. The summed E-state index contributed by atoms with van der Waals surface area (Å²) < 4.78 is 0. The van der Waals surface area contributed by atoms with Crippen LogP contribution in [0.5, 0.6) is 0 Å². The zero-order valence-electron chi connectivity index (χ0n) is 14.9. The fourth-order valence-electron chi connectivity index (χ4n) is 2.32. The zero-order valence-corrected chi connectivity index (χ0v) is 14.9. The molecule has 0 aromatic heterocycles. The van der Waals surface area contributed by atoms with E-state index in [1.165, 1.54) is 0 Å². The maximum atomic E-state index is 12.4. The van der Waals surface area contributed by atoms with Gasteiger partial charge in [-0.1, -0.05) is 44.2 Å². The predicted octanol–water partition coefficient (Wildman–Crippen LogP) is 2.81. The Bertz CT molecular complexity index is 711. The summed E-state index contributed by atoms with van der Waals surface area (Å²) in [7, 11) is 1.76. The smallest absolute Gasteiger partial charge is 0.241 e. The lowest BCUT2D eigenvalue weighted by molar-refractivity contribution is -0.118. The van der Waals surface area contributed by atoms with Crippen molar-refractivity contribution in [2.45, 2.75) is 26.3 Å². The van der Waals surface area contributed by atoms with Gasteiger partial charge in [0, 0.05) is 18.4 Å². The first-order chi connectivity index (χ1) is 11.9. The molecule has 0 saturated heterocycles. The van der Waals surface area contributed by atoms with Crippen molar-refractivity contribution < 1.29 is 9.59 Å². The van der Waals surface area contributed by atoms with Gasteiger partial charge in [0.15, 0.2) is 0 Å². The number of nitrogens with zero attached hydrogens (tertiary/aromatic N) is 1. The fraction of sp³-hybridized carbons (Fsp3) is 0.300. The third-order valence-corrected chi connectivity index (χ3v) is 4.12. The van der Waals surface area contributed by atoms with Crippen LogP contribution in [0.1, 0.15) is 19.4 Å². The second-order valence-corrected chi connectivity index (χ2v) is 6.42. The number of nitrogens with two attached hydrogens (primary N) is 1. The first-order valence-corrected chi connectivity index (χ1v) is 8.35. The molecule has 25 heavy (non-hydrogen) atoms. The normalized spacial score (nSPS) is 11.9. The fourth-order valence-corrected chi connectivity index (χ4v) is 2.32. The van der Waals surface area contributed by atoms with Crippen LogP contribution in [0.3, 0.4) is 0 Å². The minimum absolute atomic E-state index is 0.00446. The Kier molecular flexibility index (Phi) is 6.31. The number of hydrogen-bond donors (Lipinski definition) is 2. The molecule has 3 N–H and O–H groups in total. The third kappa shape index (κ3) is 5.16. The zero-order chi connectivity index (χ0) is 18.4. The van der Waals surface area contributed by atoms with E-state index in [-0.39, 0.29) is 17.7 Å². The molecule has 0 heterocycles. The third-order valence-electron chi connectivity index (χ3n) is 4.12. The highest BCUT2D eigenvalue weighted by molar-refractivity contribution is 5.95. The molecular weight excluding hydrogens is 314 g/mol. The van der Waals surface area contributed by atoms with Gasteiger partial charge in [-0.3, -0.25) is 9.59 Å². The van der Waals surface area contributed by atoms with Crippen LogP contribution in [0.2, 0.25) is 0 Å². The Hall–Kier alpha value is -2.66. The predicted molar refractivity (Wildman–Crippen MR) is 101 cm³/mol. The molecule has 0 unspecified atom stereocenters. The van der Waals surface area contributed by atoms with Gasteiger partial charge in [0.25, 0.3) is 0 Å². The molecule has 0 aliphatic heterocycles. The summed E-state index contributed by atoms with van der Waals surface area (Å²) in [5.41, 5.74) is 8.25. The van der Waals surface area contributed by atoms with E-state index in [9.17, 15) is 9.59 Å². The van der Waals surface area contributed by atoms with Crippen molar-refractivity contribution in [3.63, 3.8) is 0 Å². The van der Waals surface area contributed by atoms with E-state index in [0.717, 1.165) is 11.3 Å². The van der Waals surface area contributed by atoms with Gasteiger partial charge < -0.3 is 16.0 Å². The molecule has 0 aliphatic carbocycles. The summed E-state index contributed by atoms with van der Waals surface area (Å²) in [6.07, 6.45) is 0.297. The molecule has 2 rings (SSSR count). The van der Waals surface area contributed by atoms with Crippen LogP contribution < -0.4 is 16.0 Å². The molecule has 2 aromatic carbocycles. The van der Waals surface area contributed by atoms with Gasteiger partial charge in [0.1, 0.15) is 0 Å². The Morgan fingerprint density at radius 2 is 1.64 bits per heavy atom. The molecule has 5 heteroatoms. The van der Waals surface area contributed by atoms with Crippen molar-refractivity contribution in [1.29, 1.82) is 0 Å². The molecule has 0 aliphatic rings. The molecule has 2 aromatic rings. The van der Waals surface area contributed by atoms with E-state index in [0.29, 0.717) is 12.1 Å². The standard InChI is InChI=1S/C20H25N3O2/c1-14(2)19(21)20(25)22-16-11-9-15(10-12-16)13-18(24)23(3)17-7-5-4-6-8-17/h4-12,14,19H,13,21H2,1-3H3,(H,22,25)/t19-/m0/s1. The molecule has 5 nitrogen and oxygen atoms in total. The molecule has 1 atom stereocenters. The van der Waals surface area contributed by atoms with Gasteiger partial charge in [-0.05, 0) is 35.7 Å². The second kappa shape index (κ2) is 8.44. The number of likely N-dealkylation sites (N-methyl/N-ethyl adjacent to an activating group) is 1. The van der Waals surface area contributed by atoms with Gasteiger partial charge in [-0.15, -0.1) is 0 Å². The number of carbonyl (C=O) groups excluding carboxylic acids is 2. The molecular formula is C20H25N3O2. The Balaban J connectivity index is 1.96. The van der Waals surface area contributed by atoms with Crippen LogP contribution in [0.25, 0.3) is 0 Å². The molecule has 0 fully saturated rings. The van der Waals surface area contributed by atoms with E-state index < -0.39 is 6.04 Å². The van der Waals surface area contributed by atoms with Crippen LogP contribution in [0.4, 0.5) is 11.4 Å².